The molecule has 0 fully saturated rings. The third-order valence-electron chi connectivity index (χ3n) is 5.15. The van der Waals surface area contributed by atoms with Gasteiger partial charge in [-0.3, -0.25) is 4.79 Å². The Kier molecular flexibility index (Phi) is 5.77. The zero-order valence-electron chi connectivity index (χ0n) is 17.9. The van der Waals surface area contributed by atoms with E-state index in [0.717, 1.165) is 6.26 Å². The molecule has 0 aliphatic rings. The number of fused-ring (bicyclic) bond motifs is 1. The van der Waals surface area contributed by atoms with Crippen molar-refractivity contribution in [3.8, 4) is 0 Å². The highest BCUT2D eigenvalue weighted by Gasteiger charge is 2.25. The van der Waals surface area contributed by atoms with E-state index in [4.69, 9.17) is 5.73 Å². The summed E-state index contributed by atoms with van der Waals surface area (Å²) >= 11 is 0. The number of benzene rings is 2. The molecule has 2 aromatic carbocycles. The zero-order chi connectivity index (χ0) is 23.8. The molecule has 8 nitrogen and oxygen atoms in total. The molecule has 2 heterocycles. The first-order valence-corrected chi connectivity index (χ1v) is 11.8. The van der Waals surface area contributed by atoms with Crippen molar-refractivity contribution in [3.63, 3.8) is 0 Å². The van der Waals surface area contributed by atoms with E-state index in [1.807, 2.05) is 0 Å². The number of sulfone groups is 1. The molecule has 0 atom stereocenters. The topological polar surface area (TPSA) is 119 Å². The average molecular weight is 466 g/mol. The minimum absolute atomic E-state index is 0.0121. The molecule has 0 bridgehead atoms. The molecule has 2 aromatic heterocycles. The Labute approximate surface area is 189 Å². The van der Waals surface area contributed by atoms with Gasteiger partial charge in [-0.05, 0) is 36.8 Å². The largest absolute Gasteiger partial charge is 0.381 e. The van der Waals surface area contributed by atoms with E-state index in [9.17, 15) is 17.6 Å². The standard InChI is InChI=1S/C23H20FN5O3S/c1-14-17(11-26-13-27-14)23(30)29(20-5-3-4-6-21(20)33(2,31)32)12-15-7-8-16-10-18(24)22(25)28-19(16)9-15/h3-11,13H,12H2,1-2H3,(H2,25,28). The second kappa shape index (κ2) is 8.55. The van der Waals surface area contributed by atoms with Gasteiger partial charge in [0.1, 0.15) is 6.33 Å². The number of hydrogen-bond donors (Lipinski definition) is 1. The predicted molar refractivity (Wildman–Crippen MR) is 123 cm³/mol. The molecule has 0 aliphatic carbocycles. The summed E-state index contributed by atoms with van der Waals surface area (Å²) in [5.41, 5.74) is 7.63. The molecular weight excluding hydrogens is 445 g/mol. The van der Waals surface area contributed by atoms with E-state index >= 15 is 0 Å². The van der Waals surface area contributed by atoms with Crippen molar-refractivity contribution < 1.29 is 17.6 Å². The number of amides is 1. The minimum atomic E-state index is -3.64. The summed E-state index contributed by atoms with van der Waals surface area (Å²) in [7, 11) is -3.64. The van der Waals surface area contributed by atoms with Crippen LogP contribution in [0.5, 0.6) is 0 Å². The number of para-hydroxylation sites is 1. The molecule has 33 heavy (non-hydrogen) atoms. The lowest BCUT2D eigenvalue weighted by molar-refractivity contribution is 0.0983. The number of carbonyl (C=O) groups excluding carboxylic acids is 1. The van der Waals surface area contributed by atoms with E-state index in [0.29, 0.717) is 22.2 Å². The molecule has 0 saturated carbocycles. The van der Waals surface area contributed by atoms with Crippen LogP contribution in [0, 0.1) is 12.7 Å². The highest BCUT2D eigenvalue weighted by molar-refractivity contribution is 7.90. The number of anilines is 2. The van der Waals surface area contributed by atoms with Crippen LogP contribution >= 0.6 is 0 Å². The van der Waals surface area contributed by atoms with Crippen LogP contribution in [0.15, 0.2) is 66.0 Å². The summed E-state index contributed by atoms with van der Waals surface area (Å²) in [5.74, 6) is -1.31. The number of pyridine rings is 1. The van der Waals surface area contributed by atoms with Crippen LogP contribution in [-0.4, -0.2) is 35.5 Å². The number of nitrogen functional groups attached to an aromatic ring is 1. The summed E-state index contributed by atoms with van der Waals surface area (Å²) in [5, 5.41) is 0.548. The van der Waals surface area contributed by atoms with Gasteiger partial charge in [-0.2, -0.15) is 0 Å². The second-order valence-electron chi connectivity index (χ2n) is 7.54. The maximum atomic E-state index is 13.8. The highest BCUT2D eigenvalue weighted by atomic mass is 32.2. The van der Waals surface area contributed by atoms with Crippen molar-refractivity contribution in [1.29, 1.82) is 0 Å². The number of aromatic nitrogens is 3. The smallest absolute Gasteiger partial charge is 0.262 e. The van der Waals surface area contributed by atoms with Crippen molar-refractivity contribution in [2.24, 2.45) is 0 Å². The SMILES string of the molecule is Cc1ncncc1C(=O)N(Cc1ccc2cc(F)c(N)nc2c1)c1ccccc1S(C)(=O)=O. The maximum Gasteiger partial charge on any atom is 0.262 e. The Morgan fingerprint density at radius 1 is 1.15 bits per heavy atom. The Morgan fingerprint density at radius 3 is 2.64 bits per heavy atom. The second-order valence-corrected chi connectivity index (χ2v) is 9.52. The van der Waals surface area contributed by atoms with Crippen LogP contribution in [0.25, 0.3) is 10.9 Å². The lowest BCUT2D eigenvalue weighted by Gasteiger charge is -2.25. The molecule has 2 N–H and O–H groups in total. The predicted octanol–water partition coefficient (Wildman–Crippen LogP) is 3.31. The Bertz CT molecular complexity index is 1490. The third-order valence-corrected chi connectivity index (χ3v) is 6.29. The van der Waals surface area contributed by atoms with Gasteiger partial charge in [0.2, 0.25) is 0 Å². The third kappa shape index (κ3) is 4.51. The van der Waals surface area contributed by atoms with Gasteiger partial charge in [0.15, 0.2) is 21.5 Å². The fraction of sp³-hybridized carbons (Fsp3) is 0.130. The van der Waals surface area contributed by atoms with Gasteiger partial charge in [0.05, 0.1) is 33.9 Å². The molecule has 0 spiro atoms. The van der Waals surface area contributed by atoms with E-state index in [1.165, 1.54) is 29.6 Å². The fourth-order valence-corrected chi connectivity index (χ4v) is 4.37. The quantitative estimate of drug-likeness (QED) is 0.480. The van der Waals surface area contributed by atoms with Gasteiger partial charge < -0.3 is 10.6 Å². The van der Waals surface area contributed by atoms with Crippen molar-refractivity contribution in [1.82, 2.24) is 15.0 Å². The number of rotatable bonds is 5. The highest BCUT2D eigenvalue weighted by Crippen LogP contribution is 2.29. The molecule has 1 amide bonds. The van der Waals surface area contributed by atoms with E-state index in [2.05, 4.69) is 15.0 Å². The average Bonchev–Trinajstić information content (AvgIpc) is 2.78. The molecule has 0 aliphatic heterocycles. The number of halogens is 1. The van der Waals surface area contributed by atoms with Crippen molar-refractivity contribution >= 4 is 38.2 Å². The van der Waals surface area contributed by atoms with Crippen LogP contribution in [0.1, 0.15) is 21.6 Å². The number of nitrogens with zero attached hydrogens (tertiary/aromatic N) is 4. The van der Waals surface area contributed by atoms with Gasteiger partial charge in [-0.15, -0.1) is 0 Å². The molecule has 4 rings (SSSR count). The molecule has 0 unspecified atom stereocenters. The summed E-state index contributed by atoms with van der Waals surface area (Å²) in [6.45, 7) is 1.70. The minimum Gasteiger partial charge on any atom is -0.381 e. The number of aryl methyl sites for hydroxylation is 1. The normalized spacial score (nSPS) is 11.5. The van der Waals surface area contributed by atoms with Gasteiger partial charge >= 0.3 is 0 Å². The first kappa shape index (κ1) is 22.3. The lowest BCUT2D eigenvalue weighted by atomic mass is 10.1. The number of carbonyl (C=O) groups is 1. The molecule has 0 radical (unpaired) electrons. The van der Waals surface area contributed by atoms with E-state index < -0.39 is 21.6 Å². The van der Waals surface area contributed by atoms with Crippen LogP contribution in [0.4, 0.5) is 15.9 Å². The van der Waals surface area contributed by atoms with Gasteiger partial charge in [0.25, 0.3) is 5.91 Å². The van der Waals surface area contributed by atoms with Crippen LogP contribution in [0.2, 0.25) is 0 Å². The van der Waals surface area contributed by atoms with E-state index in [1.54, 1.807) is 43.3 Å². The summed E-state index contributed by atoms with van der Waals surface area (Å²) in [6.07, 6.45) is 3.81. The first-order valence-electron chi connectivity index (χ1n) is 9.87. The summed E-state index contributed by atoms with van der Waals surface area (Å²) in [6, 6.07) is 12.6. The van der Waals surface area contributed by atoms with Crippen LogP contribution in [0.3, 0.4) is 0 Å². The van der Waals surface area contributed by atoms with E-state index in [-0.39, 0.29) is 28.5 Å². The Morgan fingerprint density at radius 2 is 1.91 bits per heavy atom. The van der Waals surface area contributed by atoms with Gasteiger partial charge in [-0.25, -0.2) is 27.8 Å². The summed E-state index contributed by atoms with van der Waals surface area (Å²) < 4.78 is 38.7. The molecular formula is C23H20FN5O3S. The maximum absolute atomic E-state index is 13.8. The van der Waals surface area contributed by atoms with Gasteiger partial charge in [-0.1, -0.05) is 24.3 Å². The van der Waals surface area contributed by atoms with Crippen molar-refractivity contribution in [3.05, 3.63) is 83.7 Å². The monoisotopic (exact) mass is 465 g/mol. The van der Waals surface area contributed by atoms with Crippen molar-refractivity contribution in [2.75, 3.05) is 16.9 Å². The van der Waals surface area contributed by atoms with Crippen LogP contribution < -0.4 is 10.6 Å². The number of nitrogens with two attached hydrogens (primary N) is 1. The Balaban J connectivity index is 1.85. The first-order chi connectivity index (χ1) is 15.6. The molecule has 10 heteroatoms. The van der Waals surface area contributed by atoms with Crippen molar-refractivity contribution in [2.45, 2.75) is 18.4 Å². The van der Waals surface area contributed by atoms with Crippen LogP contribution in [-0.2, 0) is 16.4 Å². The lowest BCUT2D eigenvalue weighted by Crippen LogP contribution is -2.32. The molecule has 168 valence electrons. The molecule has 4 aromatic rings. The Hall–Kier alpha value is -3.92. The fourth-order valence-electron chi connectivity index (χ4n) is 3.49. The number of hydrogen-bond acceptors (Lipinski definition) is 7. The summed E-state index contributed by atoms with van der Waals surface area (Å²) in [4.78, 5) is 27.0. The zero-order valence-corrected chi connectivity index (χ0v) is 18.7. The van der Waals surface area contributed by atoms with Gasteiger partial charge in [0, 0.05) is 17.8 Å². The molecule has 0 saturated heterocycles.